The summed E-state index contributed by atoms with van der Waals surface area (Å²) in [5.74, 6) is 1.40. The Morgan fingerprint density at radius 1 is 0.700 bits per heavy atom. The van der Waals surface area contributed by atoms with E-state index in [2.05, 4.69) is 62.5 Å². The second-order valence-electron chi connectivity index (χ2n) is 8.35. The summed E-state index contributed by atoms with van der Waals surface area (Å²) in [6, 6.07) is 0. The molecule has 0 atom stereocenters. The molecule has 0 aliphatic heterocycles. The second kappa shape index (κ2) is 12.6. The minimum Gasteiger partial charge on any atom is -0.368 e. The van der Waals surface area contributed by atoms with Crippen molar-refractivity contribution in [1.29, 1.82) is 0 Å². The third-order valence-corrected chi connectivity index (χ3v) is 4.80. The Morgan fingerprint density at radius 2 is 1.27 bits per heavy atom. The Morgan fingerprint density at radius 3 is 1.83 bits per heavy atom. The van der Waals surface area contributed by atoms with Crippen molar-refractivity contribution in [3.05, 3.63) is 11.4 Å². The average Bonchev–Trinajstić information content (AvgIpc) is 2.69. The van der Waals surface area contributed by atoms with E-state index in [1.807, 2.05) is 0 Å². The quantitative estimate of drug-likeness (QED) is 0.455. The summed E-state index contributed by atoms with van der Waals surface area (Å²) >= 11 is 0. The Balaban J connectivity index is 2.31. The van der Waals surface area contributed by atoms with Crippen LogP contribution < -0.4 is 10.6 Å². The largest absolute Gasteiger partial charge is 0.368 e. The lowest BCUT2D eigenvalue weighted by molar-refractivity contribution is 0.405. The third kappa shape index (κ3) is 7.65. The van der Waals surface area contributed by atoms with Gasteiger partial charge in [0.05, 0.1) is 11.4 Å². The van der Waals surface area contributed by atoms with Crippen molar-refractivity contribution in [3.8, 4) is 0 Å². The number of hydrogen-bond acceptors (Lipinski definition) is 8. The van der Waals surface area contributed by atoms with E-state index >= 15 is 0 Å². The van der Waals surface area contributed by atoms with Crippen LogP contribution in [0, 0.1) is 0 Å². The highest BCUT2D eigenvalue weighted by atomic mass is 15.2. The monoisotopic (exact) mass is 416 g/mol. The number of nitrogens with one attached hydrogen (secondary N) is 2. The lowest BCUT2D eigenvalue weighted by Gasteiger charge is -2.15. The zero-order chi connectivity index (χ0) is 21.9. The van der Waals surface area contributed by atoms with Gasteiger partial charge in [-0.1, -0.05) is 26.7 Å². The van der Waals surface area contributed by atoms with E-state index in [4.69, 9.17) is 19.9 Å². The number of nitrogens with zero attached hydrogens (tertiary/aromatic N) is 6. The lowest BCUT2D eigenvalue weighted by atomic mass is 10.1. The van der Waals surface area contributed by atoms with Gasteiger partial charge in [0.1, 0.15) is 0 Å². The maximum Gasteiger partial charge on any atom is 0.226 e. The normalized spacial score (nSPS) is 11.6. The van der Waals surface area contributed by atoms with Crippen LogP contribution in [0.2, 0.25) is 0 Å². The molecule has 2 rings (SSSR count). The van der Waals surface area contributed by atoms with E-state index in [-0.39, 0.29) is 0 Å². The highest BCUT2D eigenvalue weighted by Crippen LogP contribution is 2.22. The first-order valence-corrected chi connectivity index (χ1v) is 11.3. The van der Waals surface area contributed by atoms with Gasteiger partial charge in [-0.3, -0.25) is 0 Å². The van der Waals surface area contributed by atoms with Crippen LogP contribution >= 0.6 is 0 Å². The van der Waals surface area contributed by atoms with Crippen LogP contribution in [0.5, 0.6) is 0 Å². The fourth-order valence-electron chi connectivity index (χ4n) is 3.29. The zero-order valence-electron chi connectivity index (χ0n) is 19.8. The van der Waals surface area contributed by atoms with Gasteiger partial charge < -0.3 is 20.4 Å². The van der Waals surface area contributed by atoms with Crippen molar-refractivity contribution < 1.29 is 0 Å². The molecule has 2 N–H and O–H groups in total. The summed E-state index contributed by atoms with van der Waals surface area (Å²) in [6.45, 7) is 8.07. The van der Waals surface area contributed by atoms with Crippen molar-refractivity contribution >= 4 is 22.9 Å². The van der Waals surface area contributed by atoms with Crippen LogP contribution in [0.25, 0.3) is 11.2 Å². The summed E-state index contributed by atoms with van der Waals surface area (Å²) in [5.41, 5.74) is 3.61. The van der Waals surface area contributed by atoms with Gasteiger partial charge in [-0.2, -0.15) is 9.97 Å². The van der Waals surface area contributed by atoms with Gasteiger partial charge in [-0.15, -0.1) is 0 Å². The molecule has 8 heteroatoms. The summed E-state index contributed by atoms with van der Waals surface area (Å²) in [4.78, 5) is 23.7. The molecule has 0 radical (unpaired) electrons. The molecule has 0 aliphatic carbocycles. The molecule has 2 heterocycles. The van der Waals surface area contributed by atoms with Crippen molar-refractivity contribution in [2.45, 2.75) is 52.4 Å². The number of aromatic nitrogens is 4. The van der Waals surface area contributed by atoms with Crippen molar-refractivity contribution in [3.63, 3.8) is 0 Å². The van der Waals surface area contributed by atoms with Gasteiger partial charge in [-0.25, -0.2) is 9.97 Å². The van der Waals surface area contributed by atoms with E-state index in [1.165, 1.54) is 0 Å². The van der Waals surface area contributed by atoms with Crippen LogP contribution in [0.4, 0.5) is 11.8 Å². The fraction of sp³-hybridized carbons (Fsp3) is 0.727. The van der Waals surface area contributed by atoms with Gasteiger partial charge >= 0.3 is 0 Å². The minimum atomic E-state index is 0.622. The Hall–Kier alpha value is -2.06. The van der Waals surface area contributed by atoms with Crippen LogP contribution in [-0.2, 0) is 12.8 Å². The highest BCUT2D eigenvalue weighted by Gasteiger charge is 2.15. The minimum absolute atomic E-state index is 0.622. The molecule has 2 aromatic heterocycles. The molecule has 0 saturated heterocycles. The molecule has 0 saturated carbocycles. The van der Waals surface area contributed by atoms with Gasteiger partial charge in [0.15, 0.2) is 17.0 Å². The molecule has 8 nitrogen and oxygen atoms in total. The summed E-state index contributed by atoms with van der Waals surface area (Å²) in [5, 5.41) is 6.85. The van der Waals surface area contributed by atoms with Crippen LogP contribution in [0.3, 0.4) is 0 Å². The van der Waals surface area contributed by atoms with Gasteiger partial charge in [-0.05, 0) is 67.0 Å². The molecular weight excluding hydrogens is 376 g/mol. The number of rotatable bonds is 14. The first kappa shape index (κ1) is 24.2. The van der Waals surface area contributed by atoms with Crippen molar-refractivity contribution in [2.75, 3.05) is 65.0 Å². The molecule has 0 fully saturated rings. The summed E-state index contributed by atoms with van der Waals surface area (Å²) in [7, 11) is 8.35. The molecule has 2 aromatic rings. The van der Waals surface area contributed by atoms with Crippen LogP contribution in [-0.4, -0.2) is 84.1 Å². The zero-order valence-corrected chi connectivity index (χ0v) is 19.8. The predicted octanol–water partition coefficient (Wildman–Crippen LogP) is 3.05. The lowest BCUT2D eigenvalue weighted by Crippen LogP contribution is -2.18. The second-order valence-corrected chi connectivity index (χ2v) is 8.35. The van der Waals surface area contributed by atoms with Gasteiger partial charge in [0.25, 0.3) is 0 Å². The molecule has 0 aliphatic rings. The van der Waals surface area contributed by atoms with E-state index in [0.29, 0.717) is 11.6 Å². The van der Waals surface area contributed by atoms with E-state index < -0.39 is 0 Å². The number of fused-ring (bicyclic) bond motifs is 1. The average molecular weight is 417 g/mol. The predicted molar refractivity (Wildman–Crippen MR) is 126 cm³/mol. The maximum atomic E-state index is 4.96. The van der Waals surface area contributed by atoms with Crippen molar-refractivity contribution in [2.24, 2.45) is 0 Å². The molecule has 0 unspecified atom stereocenters. The van der Waals surface area contributed by atoms with Crippen molar-refractivity contribution in [1.82, 2.24) is 29.7 Å². The number of hydrogen-bond donors (Lipinski definition) is 2. The maximum absolute atomic E-state index is 4.96. The first-order valence-electron chi connectivity index (χ1n) is 11.3. The van der Waals surface area contributed by atoms with Crippen LogP contribution in [0.15, 0.2) is 0 Å². The van der Waals surface area contributed by atoms with Gasteiger partial charge in [0.2, 0.25) is 5.95 Å². The Kier molecular flexibility index (Phi) is 10.2. The molecule has 30 heavy (non-hydrogen) atoms. The topological polar surface area (TPSA) is 82.1 Å². The Labute approximate surface area is 181 Å². The SMILES string of the molecule is CCCc1nc2nc(NCCCN(C)C)nc(NCCCN(C)C)c2nc1CCC. The first-order chi connectivity index (χ1) is 14.4. The van der Waals surface area contributed by atoms with E-state index in [9.17, 15) is 0 Å². The van der Waals surface area contributed by atoms with Crippen LogP contribution in [0.1, 0.15) is 50.9 Å². The molecular formula is C22H40N8. The third-order valence-electron chi connectivity index (χ3n) is 4.80. The molecule has 0 amide bonds. The smallest absolute Gasteiger partial charge is 0.226 e. The van der Waals surface area contributed by atoms with E-state index in [1.54, 1.807) is 0 Å². The molecule has 168 valence electrons. The molecule has 0 spiro atoms. The summed E-state index contributed by atoms with van der Waals surface area (Å²) in [6.07, 6.45) is 6.03. The Bertz CT molecular complexity index is 775. The van der Waals surface area contributed by atoms with Gasteiger partial charge in [0, 0.05) is 13.1 Å². The number of anilines is 2. The standard InChI is InChI=1S/C22H40N8/c1-7-11-17-18(12-8-2)26-21-19(25-17)20(23-13-9-15-29(3)4)27-22(28-21)24-14-10-16-30(5)6/h7-16H2,1-6H3,(H2,23,24,26,27,28). The molecule has 0 bridgehead atoms. The highest BCUT2D eigenvalue weighted by molar-refractivity contribution is 5.83. The molecule has 0 aromatic carbocycles. The van der Waals surface area contributed by atoms with E-state index in [0.717, 1.165) is 87.4 Å². The fourth-order valence-corrected chi connectivity index (χ4v) is 3.29. The summed E-state index contributed by atoms with van der Waals surface area (Å²) < 4.78 is 0. The number of aryl methyl sites for hydroxylation is 2.